The number of aromatic nitrogens is 4. The maximum Gasteiger partial charge on any atom is 0.257 e. The summed E-state index contributed by atoms with van der Waals surface area (Å²) in [5.41, 5.74) is 5.70. The van der Waals surface area contributed by atoms with Crippen LogP contribution < -0.4 is 20.1 Å². The molecule has 0 saturated heterocycles. The summed E-state index contributed by atoms with van der Waals surface area (Å²) in [6.45, 7) is 1.04. The Hall–Kier alpha value is -5.41. The fourth-order valence-corrected chi connectivity index (χ4v) is 5.07. The lowest BCUT2D eigenvalue weighted by molar-refractivity contribution is 0.102. The van der Waals surface area contributed by atoms with Crippen LogP contribution >= 0.6 is 11.6 Å². The third-order valence-corrected chi connectivity index (χ3v) is 7.09. The molecule has 3 aromatic heterocycles. The lowest BCUT2D eigenvalue weighted by Crippen LogP contribution is -2.15. The number of rotatable bonds is 6. The number of benzene rings is 3. The number of hydrogen-bond acceptors (Lipinski definition) is 7. The number of fused-ring (bicyclic) bond motifs is 2. The molecule has 3 aromatic carbocycles. The number of nitrogens with one attached hydrogen (secondary N) is 2. The Balaban J connectivity index is 1.24. The molecule has 0 saturated carbocycles. The number of ether oxygens (including phenoxy) is 2. The van der Waals surface area contributed by atoms with Crippen molar-refractivity contribution in [2.24, 2.45) is 0 Å². The minimum atomic E-state index is -0.293. The normalized spacial score (nSPS) is 12.2. The first-order valence-corrected chi connectivity index (χ1v) is 13.6. The van der Waals surface area contributed by atoms with Crippen molar-refractivity contribution in [3.63, 3.8) is 0 Å². The smallest absolute Gasteiger partial charge is 0.257 e. The van der Waals surface area contributed by atoms with E-state index in [9.17, 15) is 4.79 Å². The third-order valence-electron chi connectivity index (χ3n) is 6.76. The van der Waals surface area contributed by atoms with Crippen molar-refractivity contribution in [1.29, 1.82) is 0 Å². The van der Waals surface area contributed by atoms with E-state index in [1.54, 1.807) is 30.5 Å². The fraction of sp³-hybridized carbons (Fsp3) is 0.0625. The first-order chi connectivity index (χ1) is 20.6. The predicted octanol–water partition coefficient (Wildman–Crippen LogP) is 6.88. The van der Waals surface area contributed by atoms with E-state index in [1.165, 1.54) is 0 Å². The molecule has 206 valence electrons. The number of nitrogens with zero attached hydrogens (tertiary/aromatic N) is 4. The number of carbonyl (C=O) groups excluding carboxylic acids is 1. The first kappa shape index (κ1) is 25.6. The Kier molecular flexibility index (Phi) is 6.61. The number of pyridine rings is 1. The van der Waals surface area contributed by atoms with Crippen molar-refractivity contribution in [2.75, 3.05) is 23.8 Å². The zero-order valence-corrected chi connectivity index (χ0v) is 22.9. The Morgan fingerprint density at radius 3 is 2.62 bits per heavy atom. The van der Waals surface area contributed by atoms with Gasteiger partial charge in [-0.15, -0.1) is 0 Å². The zero-order valence-electron chi connectivity index (χ0n) is 22.1. The van der Waals surface area contributed by atoms with Crippen molar-refractivity contribution in [2.45, 2.75) is 0 Å². The maximum atomic E-state index is 12.9. The monoisotopic (exact) mass is 574 g/mol. The molecule has 0 aliphatic carbocycles. The molecule has 9 nitrogen and oxygen atoms in total. The van der Waals surface area contributed by atoms with Crippen molar-refractivity contribution < 1.29 is 14.3 Å². The van der Waals surface area contributed by atoms with E-state index in [2.05, 4.69) is 15.6 Å². The Morgan fingerprint density at radius 2 is 1.71 bits per heavy atom. The van der Waals surface area contributed by atoms with Crippen LogP contribution in [0.5, 0.6) is 11.5 Å². The van der Waals surface area contributed by atoms with Gasteiger partial charge in [0.15, 0.2) is 11.5 Å². The lowest BCUT2D eigenvalue weighted by Gasteiger charge is -2.19. The summed E-state index contributed by atoms with van der Waals surface area (Å²) < 4.78 is 13.2. The van der Waals surface area contributed by atoms with Gasteiger partial charge in [-0.2, -0.15) is 5.10 Å². The summed E-state index contributed by atoms with van der Waals surface area (Å²) in [4.78, 5) is 22.2. The van der Waals surface area contributed by atoms with Crippen molar-refractivity contribution in [3.8, 4) is 34.0 Å². The summed E-state index contributed by atoms with van der Waals surface area (Å²) in [5, 5.41) is 11.5. The van der Waals surface area contributed by atoms with Gasteiger partial charge in [-0.3, -0.25) is 4.79 Å². The van der Waals surface area contributed by atoms with Crippen LogP contribution in [0.4, 0.5) is 17.3 Å². The highest BCUT2D eigenvalue weighted by Gasteiger charge is 2.19. The highest BCUT2D eigenvalue weighted by Crippen LogP contribution is 2.36. The molecule has 0 atom stereocenters. The molecule has 4 heterocycles. The number of halogens is 1. The molecule has 1 aliphatic heterocycles. The molecule has 2 N–H and O–H groups in total. The first-order valence-electron chi connectivity index (χ1n) is 13.3. The molecule has 0 radical (unpaired) electrons. The van der Waals surface area contributed by atoms with Crippen LogP contribution in [-0.4, -0.2) is 38.7 Å². The largest absolute Gasteiger partial charge is 0.486 e. The molecule has 1 amide bonds. The summed E-state index contributed by atoms with van der Waals surface area (Å²) >= 11 is 6.24. The Bertz CT molecular complexity index is 1960. The van der Waals surface area contributed by atoms with Crippen molar-refractivity contribution in [1.82, 2.24) is 19.6 Å². The number of hydrogen-bond donors (Lipinski definition) is 2. The molecular formula is C32H23ClN6O3. The SMILES string of the molecule is O=C(Nc1cccc(-c2nn3ccccc3c2-c2ccnc(Nc3ccc4c(c3)OCCO4)n2)c1)c1ccccc1Cl. The summed E-state index contributed by atoms with van der Waals surface area (Å²) in [5.74, 6) is 1.52. The van der Waals surface area contributed by atoms with Gasteiger partial charge in [-0.25, -0.2) is 14.5 Å². The maximum absolute atomic E-state index is 12.9. The second-order valence-electron chi connectivity index (χ2n) is 9.52. The van der Waals surface area contributed by atoms with Gasteiger partial charge >= 0.3 is 0 Å². The van der Waals surface area contributed by atoms with Gasteiger partial charge in [0.1, 0.15) is 18.9 Å². The van der Waals surface area contributed by atoms with Gasteiger partial charge in [0.05, 0.1) is 27.4 Å². The molecule has 0 fully saturated rings. The number of carbonyl (C=O) groups is 1. The second-order valence-corrected chi connectivity index (χ2v) is 9.92. The molecule has 0 bridgehead atoms. The van der Waals surface area contributed by atoms with Gasteiger partial charge in [0.2, 0.25) is 5.95 Å². The highest BCUT2D eigenvalue weighted by molar-refractivity contribution is 6.34. The van der Waals surface area contributed by atoms with E-state index in [-0.39, 0.29) is 5.91 Å². The lowest BCUT2D eigenvalue weighted by atomic mass is 10.0. The molecule has 10 heteroatoms. The molecule has 6 aromatic rings. The molecule has 42 heavy (non-hydrogen) atoms. The minimum Gasteiger partial charge on any atom is -0.486 e. The second kappa shape index (κ2) is 10.9. The molecular weight excluding hydrogens is 552 g/mol. The quantitative estimate of drug-likeness (QED) is 0.223. The minimum absolute atomic E-state index is 0.293. The van der Waals surface area contributed by atoms with Crippen molar-refractivity contribution >= 4 is 40.3 Å². The summed E-state index contributed by atoms with van der Waals surface area (Å²) in [6.07, 6.45) is 3.60. The van der Waals surface area contributed by atoms with Gasteiger partial charge < -0.3 is 20.1 Å². The van der Waals surface area contributed by atoms with Crippen LogP contribution in [0.25, 0.3) is 28.0 Å². The van der Waals surface area contributed by atoms with Crippen LogP contribution in [0.2, 0.25) is 5.02 Å². The standard InChI is InChI=1S/C32H23ClN6O3/c33-24-9-2-1-8-23(24)31(40)35-21-7-5-6-20(18-21)30-29(26-10-3-4-15-39(26)38-30)25-13-14-34-32(37-25)36-22-11-12-27-28(19-22)42-17-16-41-27/h1-15,18-19H,16-17H2,(H,35,40)(H,34,36,37). The van der Waals surface area contributed by atoms with Gasteiger partial charge in [-0.05, 0) is 54.6 Å². The third kappa shape index (κ3) is 4.97. The summed E-state index contributed by atoms with van der Waals surface area (Å²) in [6, 6.07) is 27.8. The van der Waals surface area contributed by atoms with Crippen LogP contribution in [0.1, 0.15) is 10.4 Å². The Morgan fingerprint density at radius 1 is 0.857 bits per heavy atom. The number of anilines is 3. The van der Waals surface area contributed by atoms with E-state index in [0.717, 1.165) is 22.3 Å². The van der Waals surface area contributed by atoms with Gasteiger partial charge in [-0.1, -0.05) is 41.9 Å². The zero-order chi connectivity index (χ0) is 28.5. The number of amides is 1. The Labute approximate surface area is 245 Å². The predicted molar refractivity (Wildman–Crippen MR) is 162 cm³/mol. The van der Waals surface area contributed by atoms with E-state index in [4.69, 9.17) is 31.2 Å². The van der Waals surface area contributed by atoms with E-state index < -0.39 is 0 Å². The van der Waals surface area contributed by atoms with Gasteiger partial charge in [0.25, 0.3) is 5.91 Å². The van der Waals surface area contributed by atoms with Gasteiger partial charge in [0, 0.05) is 35.4 Å². The van der Waals surface area contributed by atoms with E-state index in [1.807, 2.05) is 77.4 Å². The molecule has 0 unspecified atom stereocenters. The molecule has 7 rings (SSSR count). The average Bonchev–Trinajstić information content (AvgIpc) is 3.41. The van der Waals surface area contributed by atoms with Crippen LogP contribution in [0.15, 0.2) is 103 Å². The molecule has 1 aliphatic rings. The molecule has 0 spiro atoms. The summed E-state index contributed by atoms with van der Waals surface area (Å²) in [7, 11) is 0. The van der Waals surface area contributed by atoms with E-state index in [0.29, 0.717) is 58.3 Å². The van der Waals surface area contributed by atoms with Crippen LogP contribution in [0.3, 0.4) is 0 Å². The van der Waals surface area contributed by atoms with Crippen LogP contribution in [-0.2, 0) is 0 Å². The van der Waals surface area contributed by atoms with Crippen molar-refractivity contribution in [3.05, 3.63) is 114 Å². The van der Waals surface area contributed by atoms with E-state index >= 15 is 0 Å². The highest BCUT2D eigenvalue weighted by atomic mass is 35.5. The topological polar surface area (TPSA) is 103 Å². The fourth-order valence-electron chi connectivity index (χ4n) is 4.85. The average molecular weight is 575 g/mol. The van der Waals surface area contributed by atoms with Crippen LogP contribution in [0, 0.1) is 0 Å².